The highest BCUT2D eigenvalue weighted by atomic mass is 32.2. The maximum Gasteiger partial charge on any atom is 0.417 e. The third kappa shape index (κ3) is 7.19. The van der Waals surface area contributed by atoms with E-state index in [0.29, 0.717) is 12.8 Å². The topological polar surface area (TPSA) is 139 Å². The molecular formula is C32H39F4N3O7S. The third-order valence-electron chi connectivity index (χ3n) is 9.75. The largest absolute Gasteiger partial charge is 0.457 e. The molecule has 4 aliphatic rings. The lowest BCUT2D eigenvalue weighted by molar-refractivity contribution is -0.140. The fraction of sp³-hybridized carbons (Fsp3) is 0.625. The summed E-state index contributed by atoms with van der Waals surface area (Å²) in [5, 5.41) is 2.65. The minimum atomic E-state index is -4.83. The molecule has 0 aromatic heterocycles. The molecule has 2 N–H and O–H groups in total. The molecule has 1 saturated heterocycles. The lowest BCUT2D eigenvalue weighted by atomic mass is 9.91. The first-order valence-corrected chi connectivity index (χ1v) is 17.3. The molecular weight excluding hydrogens is 646 g/mol. The Morgan fingerprint density at radius 2 is 1.81 bits per heavy atom. The standard InChI is InChI=1S/C32H39F4N3O7S/c1-19-7-3-4-8-21-16-31(21,29(43)38-47(44,45)30(18-33)11-12-30)37-27(41)25-15-22(17-39(25)26(40)14-20(2)13-19)46-28(42)23-9-5-6-10-24(23)32(34,35)36/h4-6,8-10,19-22,25H,3,7,11-18H2,1-2H3,(H,37,41)(H,38,43)/b8-4-/t19?,20-,21-,22-,25+,31-/m1/s1. The molecule has 6 atom stereocenters. The molecule has 5 rings (SSSR count). The molecule has 2 saturated carbocycles. The molecule has 47 heavy (non-hydrogen) atoms. The van der Waals surface area contributed by atoms with Crippen molar-refractivity contribution in [3.63, 3.8) is 0 Å². The van der Waals surface area contributed by atoms with Crippen molar-refractivity contribution in [2.24, 2.45) is 17.8 Å². The number of nitrogens with one attached hydrogen (secondary N) is 2. The number of esters is 1. The van der Waals surface area contributed by atoms with Gasteiger partial charge in [-0.05, 0) is 62.5 Å². The maximum atomic E-state index is 13.9. The van der Waals surface area contributed by atoms with Gasteiger partial charge in [0.15, 0.2) is 0 Å². The average molecular weight is 686 g/mol. The minimum Gasteiger partial charge on any atom is -0.457 e. The zero-order chi connectivity index (χ0) is 34.4. The van der Waals surface area contributed by atoms with E-state index in [0.717, 1.165) is 24.6 Å². The number of allylic oxidation sites excluding steroid dienone is 1. The van der Waals surface area contributed by atoms with Crippen molar-refractivity contribution < 1.29 is 49.9 Å². The summed E-state index contributed by atoms with van der Waals surface area (Å²) in [6.07, 6.45) is -0.254. The first kappa shape index (κ1) is 34.8. The van der Waals surface area contributed by atoms with Crippen LogP contribution in [0.5, 0.6) is 0 Å². The molecule has 10 nitrogen and oxygen atoms in total. The summed E-state index contributed by atoms with van der Waals surface area (Å²) in [7, 11) is -4.40. The van der Waals surface area contributed by atoms with E-state index in [2.05, 4.69) is 5.32 Å². The molecule has 2 heterocycles. The summed E-state index contributed by atoms with van der Waals surface area (Å²) in [5.41, 5.74) is -3.60. The van der Waals surface area contributed by atoms with Crippen molar-refractivity contribution in [2.45, 2.75) is 93.8 Å². The Bertz CT molecular complexity index is 1560. The van der Waals surface area contributed by atoms with Crippen LogP contribution in [0.4, 0.5) is 17.6 Å². The van der Waals surface area contributed by atoms with Gasteiger partial charge in [0, 0.05) is 18.8 Å². The van der Waals surface area contributed by atoms with Crippen molar-refractivity contribution in [1.82, 2.24) is 14.9 Å². The van der Waals surface area contributed by atoms with Crippen molar-refractivity contribution in [3.05, 3.63) is 47.5 Å². The number of benzene rings is 1. The van der Waals surface area contributed by atoms with Crippen molar-refractivity contribution in [3.8, 4) is 0 Å². The highest BCUT2D eigenvalue weighted by molar-refractivity contribution is 7.91. The van der Waals surface area contributed by atoms with E-state index in [1.807, 2.05) is 24.6 Å². The predicted octanol–water partition coefficient (Wildman–Crippen LogP) is 4.06. The molecule has 3 fully saturated rings. The van der Waals surface area contributed by atoms with Crippen LogP contribution in [0.25, 0.3) is 0 Å². The van der Waals surface area contributed by atoms with Gasteiger partial charge in [0.05, 0.1) is 17.7 Å². The fourth-order valence-electron chi connectivity index (χ4n) is 6.69. The number of sulfonamides is 1. The Kier molecular flexibility index (Phi) is 9.52. The summed E-state index contributed by atoms with van der Waals surface area (Å²) in [6.45, 7) is 2.51. The number of amides is 3. The van der Waals surface area contributed by atoms with Crippen molar-refractivity contribution in [2.75, 3.05) is 13.2 Å². The molecule has 1 aromatic rings. The Balaban J connectivity index is 1.41. The van der Waals surface area contributed by atoms with Crippen LogP contribution in [0.2, 0.25) is 0 Å². The number of carbonyl (C=O) groups excluding carboxylic acids is 4. The maximum absolute atomic E-state index is 13.9. The van der Waals surface area contributed by atoms with Gasteiger partial charge >= 0.3 is 12.1 Å². The molecule has 1 aromatic carbocycles. The lowest BCUT2D eigenvalue weighted by Crippen LogP contribution is -2.57. The zero-order valence-electron chi connectivity index (χ0n) is 26.1. The van der Waals surface area contributed by atoms with E-state index in [1.165, 1.54) is 11.0 Å². The summed E-state index contributed by atoms with van der Waals surface area (Å²) >= 11 is 0. The number of rotatable bonds is 6. The molecule has 1 unspecified atom stereocenters. The van der Waals surface area contributed by atoms with Gasteiger partial charge in [0.1, 0.15) is 29.1 Å². The zero-order valence-corrected chi connectivity index (χ0v) is 27.0. The van der Waals surface area contributed by atoms with E-state index in [-0.39, 0.29) is 50.5 Å². The average Bonchev–Trinajstić information content (AvgIpc) is 3.89. The number of halogens is 4. The van der Waals surface area contributed by atoms with Crippen LogP contribution in [0.3, 0.4) is 0 Å². The SMILES string of the molecule is CC1CC/C=C\[C@@H]2C[C@@]2(C(=O)NS(=O)(=O)C2(CF)CC2)NC(=O)[C@@H]2C[C@@H](OC(=O)c3ccccc3C(F)(F)F)CN2C(=O)C[C@H](C)C1. The normalized spacial score (nSPS) is 31.7. The van der Waals surface area contributed by atoms with Crippen LogP contribution >= 0.6 is 0 Å². The number of ether oxygens (including phenoxy) is 1. The third-order valence-corrected chi connectivity index (χ3v) is 11.9. The second kappa shape index (κ2) is 12.8. The number of hydrogen-bond acceptors (Lipinski definition) is 7. The molecule has 15 heteroatoms. The van der Waals surface area contributed by atoms with E-state index >= 15 is 0 Å². The Morgan fingerprint density at radius 1 is 1.11 bits per heavy atom. The van der Waals surface area contributed by atoms with Gasteiger partial charge in [-0.3, -0.25) is 19.1 Å². The molecule has 0 bridgehead atoms. The van der Waals surface area contributed by atoms with Gasteiger partial charge in [-0.1, -0.05) is 38.1 Å². The van der Waals surface area contributed by atoms with Gasteiger partial charge < -0.3 is 15.0 Å². The Labute approximate surface area is 270 Å². The van der Waals surface area contributed by atoms with Crippen LogP contribution < -0.4 is 10.0 Å². The Hall–Kier alpha value is -3.49. The molecule has 2 aliphatic carbocycles. The smallest absolute Gasteiger partial charge is 0.417 e. The van der Waals surface area contributed by atoms with Gasteiger partial charge in [-0.15, -0.1) is 0 Å². The fourth-order valence-corrected chi connectivity index (χ4v) is 8.12. The molecule has 258 valence electrons. The number of hydrogen-bond donors (Lipinski definition) is 2. The number of carbonyl (C=O) groups is 4. The number of fused-ring (bicyclic) bond motifs is 2. The lowest BCUT2D eigenvalue weighted by Gasteiger charge is -2.28. The van der Waals surface area contributed by atoms with E-state index in [1.54, 1.807) is 6.08 Å². The summed E-state index contributed by atoms with van der Waals surface area (Å²) in [5.74, 6) is -3.95. The van der Waals surface area contributed by atoms with Crippen molar-refractivity contribution in [1.29, 1.82) is 0 Å². The van der Waals surface area contributed by atoms with Crippen LogP contribution in [-0.2, 0) is 35.3 Å². The second-order valence-electron chi connectivity index (χ2n) is 13.5. The number of alkyl halides is 4. The Morgan fingerprint density at radius 3 is 2.47 bits per heavy atom. The highest BCUT2D eigenvalue weighted by Gasteiger charge is 2.64. The predicted molar refractivity (Wildman–Crippen MR) is 161 cm³/mol. The number of nitrogens with zero attached hydrogens (tertiary/aromatic N) is 1. The van der Waals surface area contributed by atoms with E-state index in [4.69, 9.17) is 4.74 Å². The van der Waals surface area contributed by atoms with Crippen molar-refractivity contribution >= 4 is 33.7 Å². The molecule has 0 spiro atoms. The molecule has 0 radical (unpaired) electrons. The summed E-state index contributed by atoms with van der Waals surface area (Å²) < 4.78 is 85.9. The quantitative estimate of drug-likeness (QED) is 0.262. The van der Waals surface area contributed by atoms with Gasteiger partial charge in [0.25, 0.3) is 5.91 Å². The molecule has 3 amide bonds. The van der Waals surface area contributed by atoms with Gasteiger partial charge in [0.2, 0.25) is 21.8 Å². The summed E-state index contributed by atoms with van der Waals surface area (Å²) in [6, 6.07) is 2.86. The van der Waals surface area contributed by atoms with E-state index in [9.17, 15) is 45.2 Å². The van der Waals surface area contributed by atoms with Crippen LogP contribution in [0.15, 0.2) is 36.4 Å². The molecule has 2 aliphatic heterocycles. The van der Waals surface area contributed by atoms with E-state index < -0.39 is 86.0 Å². The summed E-state index contributed by atoms with van der Waals surface area (Å²) in [4.78, 5) is 55.1. The first-order chi connectivity index (χ1) is 22.0. The highest BCUT2D eigenvalue weighted by Crippen LogP contribution is 2.48. The van der Waals surface area contributed by atoms with Crippen LogP contribution in [0, 0.1) is 17.8 Å². The minimum absolute atomic E-state index is 0.0537. The monoisotopic (exact) mass is 685 g/mol. The van der Waals surface area contributed by atoms with Crippen LogP contribution in [-0.4, -0.2) is 72.7 Å². The van der Waals surface area contributed by atoms with Gasteiger partial charge in [-0.2, -0.15) is 13.2 Å². The van der Waals surface area contributed by atoms with Gasteiger partial charge in [-0.25, -0.2) is 17.6 Å². The van der Waals surface area contributed by atoms with Crippen LogP contribution in [0.1, 0.15) is 81.1 Å². The second-order valence-corrected chi connectivity index (χ2v) is 15.6. The first-order valence-electron chi connectivity index (χ1n) is 15.8.